The Hall–Kier alpha value is -3.81. The molecule has 2 N–H and O–H groups in total. The Morgan fingerprint density at radius 1 is 0.970 bits per heavy atom. The number of amides is 1. The van der Waals surface area contributed by atoms with E-state index in [0.29, 0.717) is 18.2 Å². The van der Waals surface area contributed by atoms with Crippen LogP contribution >= 0.6 is 11.6 Å². The maximum absolute atomic E-state index is 12.3. The second-order valence-corrected chi connectivity index (χ2v) is 7.62. The molecule has 1 aromatic heterocycles. The van der Waals surface area contributed by atoms with E-state index in [1.807, 2.05) is 72.8 Å². The number of hydrazine groups is 1. The molecule has 4 rings (SSSR count). The molecule has 3 aromatic carbocycles. The van der Waals surface area contributed by atoms with E-state index in [4.69, 9.17) is 25.6 Å². The van der Waals surface area contributed by atoms with E-state index < -0.39 is 5.91 Å². The number of halogens is 1. The van der Waals surface area contributed by atoms with E-state index in [0.717, 1.165) is 28.0 Å². The summed E-state index contributed by atoms with van der Waals surface area (Å²) < 4.78 is 15.8. The van der Waals surface area contributed by atoms with Gasteiger partial charge in [-0.05, 0) is 51.7 Å². The van der Waals surface area contributed by atoms with Crippen LogP contribution in [0, 0.1) is 0 Å². The summed E-state index contributed by atoms with van der Waals surface area (Å²) in [5, 5.41) is 4.47. The monoisotopic (exact) mass is 463 g/mol. The van der Waals surface area contributed by atoms with Crippen LogP contribution in [0.2, 0.25) is 5.02 Å². The van der Waals surface area contributed by atoms with E-state index >= 15 is 0 Å². The lowest BCUT2D eigenvalue weighted by atomic mass is 10.0. The highest BCUT2D eigenvalue weighted by Crippen LogP contribution is 2.23. The van der Waals surface area contributed by atoms with E-state index in [1.165, 1.54) is 6.07 Å². The second kappa shape index (κ2) is 10.7. The highest BCUT2D eigenvalue weighted by molar-refractivity contribution is 6.30. The summed E-state index contributed by atoms with van der Waals surface area (Å²) in [5.41, 5.74) is 9.53. The van der Waals surface area contributed by atoms with Gasteiger partial charge in [-0.2, -0.15) is 0 Å². The molecular weight excluding hydrogens is 442 g/mol. The number of methoxy groups -OCH3 is 1. The molecule has 0 aliphatic carbocycles. The van der Waals surface area contributed by atoms with Gasteiger partial charge in [0, 0.05) is 11.6 Å². The Balaban J connectivity index is 1.24. The third-order valence-electron chi connectivity index (χ3n) is 4.86. The number of nitrogens with zero attached hydrogens (tertiary/aromatic N) is 1. The lowest BCUT2D eigenvalue weighted by Gasteiger charge is -2.07. The van der Waals surface area contributed by atoms with Gasteiger partial charge in [0.2, 0.25) is 5.76 Å². The standard InChI is InChI=1S/C25H22ClN3O4/c1-31-22-11-7-18(8-12-22)16-32-24-14-23(33-29-24)25(30)28-27-15-17-5-9-19(10-6-17)20-3-2-4-21(26)13-20/h2-14,27H,15-16H2,1H3,(H,28,30). The van der Waals surface area contributed by atoms with Crippen LogP contribution in [-0.4, -0.2) is 18.2 Å². The Bertz CT molecular complexity index is 1210. The minimum atomic E-state index is -0.447. The molecule has 0 radical (unpaired) electrons. The Kier molecular flexibility index (Phi) is 7.24. The SMILES string of the molecule is COc1ccc(COc2cc(C(=O)NNCc3ccc(-c4cccc(Cl)c4)cc3)on2)cc1. The maximum Gasteiger partial charge on any atom is 0.304 e. The van der Waals surface area contributed by atoms with Crippen molar-refractivity contribution in [2.24, 2.45) is 0 Å². The van der Waals surface area contributed by atoms with Gasteiger partial charge in [-0.3, -0.25) is 10.2 Å². The third-order valence-corrected chi connectivity index (χ3v) is 5.10. The number of ether oxygens (including phenoxy) is 2. The summed E-state index contributed by atoms with van der Waals surface area (Å²) >= 11 is 6.06. The van der Waals surface area contributed by atoms with Crippen molar-refractivity contribution in [2.75, 3.05) is 7.11 Å². The Morgan fingerprint density at radius 2 is 1.73 bits per heavy atom. The van der Waals surface area contributed by atoms with Crippen molar-refractivity contribution in [2.45, 2.75) is 13.2 Å². The summed E-state index contributed by atoms with van der Waals surface area (Å²) in [6.07, 6.45) is 0. The van der Waals surface area contributed by atoms with Crippen LogP contribution in [0.5, 0.6) is 11.6 Å². The molecule has 1 amide bonds. The highest BCUT2D eigenvalue weighted by Gasteiger charge is 2.13. The number of hydrogen-bond donors (Lipinski definition) is 2. The first-order valence-corrected chi connectivity index (χ1v) is 10.6. The summed E-state index contributed by atoms with van der Waals surface area (Å²) in [6.45, 7) is 0.734. The number of carbonyl (C=O) groups excluding carboxylic acids is 1. The largest absolute Gasteiger partial charge is 0.497 e. The van der Waals surface area contributed by atoms with Crippen LogP contribution in [0.3, 0.4) is 0 Å². The van der Waals surface area contributed by atoms with E-state index in [-0.39, 0.29) is 11.6 Å². The number of rotatable bonds is 9. The van der Waals surface area contributed by atoms with Crippen LogP contribution < -0.4 is 20.3 Å². The molecule has 0 saturated carbocycles. The van der Waals surface area contributed by atoms with Crippen LogP contribution in [0.4, 0.5) is 0 Å². The quantitative estimate of drug-likeness (QED) is 0.339. The molecule has 0 atom stereocenters. The first kappa shape index (κ1) is 22.4. The van der Waals surface area contributed by atoms with E-state index in [9.17, 15) is 4.79 Å². The zero-order chi connectivity index (χ0) is 23.0. The lowest BCUT2D eigenvalue weighted by molar-refractivity contribution is 0.0894. The second-order valence-electron chi connectivity index (χ2n) is 7.18. The normalized spacial score (nSPS) is 10.6. The highest BCUT2D eigenvalue weighted by atomic mass is 35.5. The lowest BCUT2D eigenvalue weighted by Crippen LogP contribution is -2.36. The zero-order valence-electron chi connectivity index (χ0n) is 17.9. The molecule has 7 nitrogen and oxygen atoms in total. The van der Waals surface area contributed by atoms with Gasteiger partial charge in [-0.1, -0.05) is 60.1 Å². The molecule has 0 spiro atoms. The molecule has 0 unspecified atom stereocenters. The van der Waals surface area contributed by atoms with Crippen LogP contribution in [0.1, 0.15) is 21.7 Å². The third kappa shape index (κ3) is 6.12. The minimum absolute atomic E-state index is 0.0449. The Morgan fingerprint density at radius 3 is 2.45 bits per heavy atom. The Labute approximate surface area is 196 Å². The van der Waals surface area contributed by atoms with Gasteiger partial charge in [0.05, 0.1) is 13.2 Å². The summed E-state index contributed by atoms with van der Waals surface area (Å²) in [6, 6.07) is 24.6. The first-order chi connectivity index (χ1) is 16.1. The van der Waals surface area contributed by atoms with E-state index in [2.05, 4.69) is 16.0 Å². The van der Waals surface area contributed by atoms with Gasteiger partial charge in [0.1, 0.15) is 12.4 Å². The van der Waals surface area contributed by atoms with Crippen molar-refractivity contribution >= 4 is 17.5 Å². The predicted octanol–water partition coefficient (Wildman–Crippen LogP) is 5.02. The first-order valence-electron chi connectivity index (χ1n) is 10.2. The van der Waals surface area contributed by atoms with Crippen molar-refractivity contribution in [3.63, 3.8) is 0 Å². The summed E-state index contributed by atoms with van der Waals surface area (Å²) in [5.74, 6) is 0.595. The number of benzene rings is 3. The number of hydrogen-bond acceptors (Lipinski definition) is 6. The van der Waals surface area contributed by atoms with Crippen molar-refractivity contribution in [3.8, 4) is 22.8 Å². The molecule has 0 bridgehead atoms. The number of carbonyl (C=O) groups is 1. The van der Waals surface area contributed by atoms with Crippen LogP contribution in [0.25, 0.3) is 11.1 Å². The van der Waals surface area contributed by atoms with Gasteiger partial charge >= 0.3 is 5.91 Å². The van der Waals surface area contributed by atoms with Gasteiger partial charge in [-0.15, -0.1) is 0 Å². The molecule has 0 aliphatic heterocycles. The van der Waals surface area contributed by atoms with Gasteiger partial charge in [0.15, 0.2) is 0 Å². The molecule has 0 saturated heterocycles. The fourth-order valence-corrected chi connectivity index (χ4v) is 3.27. The van der Waals surface area contributed by atoms with E-state index in [1.54, 1.807) is 7.11 Å². The average molecular weight is 464 g/mol. The topological polar surface area (TPSA) is 85.6 Å². The fraction of sp³-hybridized carbons (Fsp3) is 0.120. The molecule has 0 aliphatic rings. The fourth-order valence-electron chi connectivity index (χ4n) is 3.08. The maximum atomic E-state index is 12.3. The molecule has 1 heterocycles. The molecule has 8 heteroatoms. The van der Waals surface area contributed by atoms with Crippen LogP contribution in [0.15, 0.2) is 83.4 Å². The summed E-state index contributed by atoms with van der Waals surface area (Å²) in [7, 11) is 1.61. The van der Waals surface area contributed by atoms with Gasteiger partial charge in [0.25, 0.3) is 5.88 Å². The number of aromatic nitrogens is 1. The van der Waals surface area contributed by atoms with Crippen molar-refractivity contribution < 1.29 is 18.8 Å². The number of nitrogens with one attached hydrogen (secondary N) is 2. The van der Waals surface area contributed by atoms with Gasteiger partial charge < -0.3 is 14.0 Å². The van der Waals surface area contributed by atoms with Crippen molar-refractivity contribution in [1.29, 1.82) is 0 Å². The van der Waals surface area contributed by atoms with Crippen LogP contribution in [-0.2, 0) is 13.2 Å². The van der Waals surface area contributed by atoms with Crippen molar-refractivity contribution in [3.05, 3.63) is 101 Å². The summed E-state index contributed by atoms with van der Waals surface area (Å²) in [4.78, 5) is 12.3. The smallest absolute Gasteiger partial charge is 0.304 e. The molecule has 0 fully saturated rings. The predicted molar refractivity (Wildman–Crippen MR) is 125 cm³/mol. The molecule has 168 valence electrons. The van der Waals surface area contributed by atoms with Gasteiger partial charge in [-0.25, -0.2) is 5.43 Å². The zero-order valence-corrected chi connectivity index (χ0v) is 18.6. The average Bonchev–Trinajstić information content (AvgIpc) is 3.33. The molecule has 33 heavy (non-hydrogen) atoms. The minimum Gasteiger partial charge on any atom is -0.497 e. The molecular formula is C25H22ClN3O4. The van der Waals surface area contributed by atoms with Crippen molar-refractivity contribution in [1.82, 2.24) is 16.0 Å². The molecule has 4 aromatic rings.